The lowest BCUT2D eigenvalue weighted by Gasteiger charge is -2.42. The zero-order chi connectivity index (χ0) is 20.9. The van der Waals surface area contributed by atoms with Crippen LogP contribution in [-0.2, 0) is 9.47 Å². The van der Waals surface area contributed by atoms with Crippen molar-refractivity contribution in [1.29, 1.82) is 0 Å². The van der Waals surface area contributed by atoms with E-state index in [2.05, 4.69) is 12.7 Å². The van der Waals surface area contributed by atoms with E-state index in [0.29, 0.717) is 17.8 Å². The predicted octanol–water partition coefficient (Wildman–Crippen LogP) is 7.36. The van der Waals surface area contributed by atoms with Crippen LogP contribution in [0, 0.1) is 41.4 Å². The van der Waals surface area contributed by atoms with Crippen LogP contribution in [0.15, 0.2) is 24.8 Å². The predicted molar refractivity (Wildman–Crippen MR) is 116 cm³/mol. The number of rotatable bonds is 5. The second-order valence-electron chi connectivity index (χ2n) is 10.5. The maximum absolute atomic E-state index is 12.5. The summed E-state index contributed by atoms with van der Waals surface area (Å²) >= 11 is 0. The van der Waals surface area contributed by atoms with Gasteiger partial charge in [-0.3, -0.25) is 0 Å². The minimum absolute atomic E-state index is 0.000108. The fraction of sp³-hybridized carbons (Fsp3) is 0.846. The molecule has 1 aliphatic heterocycles. The molecule has 0 unspecified atom stereocenters. The average molecular weight is 423 g/mol. The molecule has 0 atom stereocenters. The van der Waals surface area contributed by atoms with Crippen molar-refractivity contribution in [3.63, 3.8) is 0 Å². The van der Waals surface area contributed by atoms with Crippen molar-refractivity contribution in [3.05, 3.63) is 24.8 Å². The van der Waals surface area contributed by atoms with Crippen LogP contribution in [0.2, 0.25) is 0 Å². The third kappa shape index (κ3) is 5.73. The van der Waals surface area contributed by atoms with E-state index in [4.69, 9.17) is 9.47 Å². The largest absolute Gasteiger partial charge is 0.352 e. The van der Waals surface area contributed by atoms with Crippen LogP contribution in [-0.4, -0.2) is 19.5 Å². The monoisotopic (exact) mass is 422 g/mol. The van der Waals surface area contributed by atoms with Gasteiger partial charge in [0.15, 0.2) is 6.29 Å². The SMILES string of the molecule is C=CC1CCC(C2COC(C3CCC(C4CCC(C=C(F)F)CC4)CC3)OC2)CC1. The van der Waals surface area contributed by atoms with Gasteiger partial charge < -0.3 is 9.47 Å². The van der Waals surface area contributed by atoms with Crippen molar-refractivity contribution in [2.75, 3.05) is 13.2 Å². The van der Waals surface area contributed by atoms with E-state index in [1.165, 1.54) is 57.4 Å². The summed E-state index contributed by atoms with van der Waals surface area (Å²) in [6.07, 6.45) is 16.0. The van der Waals surface area contributed by atoms with Gasteiger partial charge in [0, 0.05) is 11.8 Å². The maximum Gasteiger partial charge on any atom is 0.266 e. The van der Waals surface area contributed by atoms with Gasteiger partial charge in [-0.1, -0.05) is 6.08 Å². The van der Waals surface area contributed by atoms with Crippen LogP contribution in [0.3, 0.4) is 0 Å². The molecule has 4 rings (SSSR count). The third-order valence-corrected chi connectivity index (χ3v) is 8.81. The Morgan fingerprint density at radius 2 is 1.03 bits per heavy atom. The highest BCUT2D eigenvalue weighted by atomic mass is 19.3. The van der Waals surface area contributed by atoms with Crippen molar-refractivity contribution in [3.8, 4) is 0 Å². The molecule has 0 aromatic rings. The van der Waals surface area contributed by atoms with Crippen molar-refractivity contribution >= 4 is 0 Å². The van der Waals surface area contributed by atoms with Crippen LogP contribution in [0.1, 0.15) is 77.0 Å². The van der Waals surface area contributed by atoms with Gasteiger partial charge in [0.1, 0.15) is 0 Å². The topological polar surface area (TPSA) is 18.5 Å². The van der Waals surface area contributed by atoms with E-state index >= 15 is 0 Å². The highest BCUT2D eigenvalue weighted by Crippen LogP contribution is 2.44. The first-order valence-corrected chi connectivity index (χ1v) is 12.5. The minimum atomic E-state index is -1.50. The average Bonchev–Trinajstić information content (AvgIpc) is 2.80. The molecule has 0 aromatic heterocycles. The second kappa shape index (κ2) is 10.7. The lowest BCUT2D eigenvalue weighted by Crippen LogP contribution is -2.41. The molecule has 170 valence electrons. The van der Waals surface area contributed by atoms with Gasteiger partial charge >= 0.3 is 0 Å². The van der Waals surface area contributed by atoms with Crippen LogP contribution in [0.4, 0.5) is 8.78 Å². The molecule has 0 spiro atoms. The Hall–Kier alpha value is -0.740. The second-order valence-corrected chi connectivity index (χ2v) is 10.5. The smallest absolute Gasteiger partial charge is 0.266 e. The number of hydrogen-bond acceptors (Lipinski definition) is 2. The Morgan fingerprint density at radius 3 is 1.53 bits per heavy atom. The molecule has 3 aliphatic carbocycles. The van der Waals surface area contributed by atoms with Crippen LogP contribution >= 0.6 is 0 Å². The van der Waals surface area contributed by atoms with E-state index in [1.807, 2.05) is 0 Å². The normalized spacial score (nSPS) is 43.0. The molecule has 1 saturated heterocycles. The molecule has 3 saturated carbocycles. The molecule has 0 N–H and O–H groups in total. The first-order chi connectivity index (χ1) is 14.6. The van der Waals surface area contributed by atoms with Crippen LogP contribution in [0.25, 0.3) is 0 Å². The van der Waals surface area contributed by atoms with Crippen molar-refractivity contribution in [1.82, 2.24) is 0 Å². The van der Waals surface area contributed by atoms with E-state index < -0.39 is 6.08 Å². The number of hydrogen-bond donors (Lipinski definition) is 0. The number of allylic oxidation sites excluding steroid dienone is 2. The molecule has 4 fully saturated rings. The standard InChI is InChI=1S/C26H40F2O2/c1-2-18-3-7-22(8-4-18)24-16-29-26(30-17-24)23-13-11-21(12-14-23)20-9-5-19(6-10-20)15-25(27)28/h2,15,18-24,26H,1,3-14,16-17H2. The number of halogens is 2. The summed E-state index contributed by atoms with van der Waals surface area (Å²) in [6.45, 7) is 5.70. The summed E-state index contributed by atoms with van der Waals surface area (Å²) in [7, 11) is 0. The molecule has 0 bridgehead atoms. The minimum Gasteiger partial charge on any atom is -0.352 e. The molecule has 30 heavy (non-hydrogen) atoms. The molecule has 4 heteroatoms. The van der Waals surface area contributed by atoms with Gasteiger partial charge in [-0.25, -0.2) is 0 Å². The van der Waals surface area contributed by atoms with Gasteiger partial charge in [0.2, 0.25) is 0 Å². The fourth-order valence-electron chi connectivity index (χ4n) is 6.78. The Balaban J connectivity index is 1.15. The molecule has 0 amide bonds. The van der Waals surface area contributed by atoms with E-state index in [9.17, 15) is 8.78 Å². The van der Waals surface area contributed by atoms with Gasteiger partial charge in [-0.2, -0.15) is 8.78 Å². The van der Waals surface area contributed by atoms with E-state index in [1.54, 1.807) is 0 Å². The van der Waals surface area contributed by atoms with Crippen LogP contribution in [0.5, 0.6) is 0 Å². The summed E-state index contributed by atoms with van der Waals surface area (Å²) in [4.78, 5) is 0. The quantitative estimate of drug-likeness (QED) is 0.431. The molecular formula is C26H40F2O2. The van der Waals surface area contributed by atoms with Gasteiger partial charge in [-0.05, 0) is 113 Å². The third-order valence-electron chi connectivity index (χ3n) is 8.81. The zero-order valence-corrected chi connectivity index (χ0v) is 18.5. The van der Waals surface area contributed by atoms with Crippen LogP contribution < -0.4 is 0 Å². The lowest BCUT2D eigenvalue weighted by atomic mass is 9.69. The maximum atomic E-state index is 12.5. The first kappa shape index (κ1) is 22.5. The zero-order valence-electron chi connectivity index (χ0n) is 18.5. The van der Waals surface area contributed by atoms with Gasteiger partial charge in [0.05, 0.1) is 13.2 Å². The lowest BCUT2D eigenvalue weighted by molar-refractivity contribution is -0.237. The van der Waals surface area contributed by atoms with E-state index in [0.717, 1.165) is 56.7 Å². The molecular weight excluding hydrogens is 382 g/mol. The fourth-order valence-corrected chi connectivity index (χ4v) is 6.78. The van der Waals surface area contributed by atoms with Crippen molar-refractivity contribution in [2.45, 2.75) is 83.3 Å². The Bertz CT molecular complexity index is 556. The van der Waals surface area contributed by atoms with E-state index in [-0.39, 0.29) is 12.2 Å². The van der Waals surface area contributed by atoms with Gasteiger partial charge in [-0.15, -0.1) is 6.58 Å². The molecule has 4 aliphatic rings. The summed E-state index contributed by atoms with van der Waals surface area (Å²) in [6, 6.07) is 0. The molecule has 2 nitrogen and oxygen atoms in total. The highest BCUT2D eigenvalue weighted by molar-refractivity contribution is 4.92. The Labute approximate surface area is 181 Å². The number of ether oxygens (including phenoxy) is 2. The summed E-state index contributed by atoms with van der Waals surface area (Å²) in [5.74, 6) is 4.20. The molecule has 0 aromatic carbocycles. The van der Waals surface area contributed by atoms with Gasteiger partial charge in [0.25, 0.3) is 6.08 Å². The van der Waals surface area contributed by atoms with Crippen molar-refractivity contribution < 1.29 is 18.3 Å². The summed E-state index contributed by atoms with van der Waals surface area (Å²) in [5.41, 5.74) is 0. The first-order valence-electron chi connectivity index (χ1n) is 12.5. The summed E-state index contributed by atoms with van der Waals surface area (Å²) < 4.78 is 37.5. The molecule has 0 radical (unpaired) electrons. The summed E-state index contributed by atoms with van der Waals surface area (Å²) in [5, 5.41) is 0. The molecule has 1 heterocycles. The Kier molecular flexibility index (Phi) is 8.02. The van der Waals surface area contributed by atoms with Crippen molar-refractivity contribution in [2.24, 2.45) is 41.4 Å². The highest BCUT2D eigenvalue weighted by Gasteiger charge is 2.37. The Morgan fingerprint density at radius 1 is 0.600 bits per heavy atom.